The highest BCUT2D eigenvalue weighted by molar-refractivity contribution is 5.10. The first kappa shape index (κ1) is 8.27. The molecule has 0 spiro atoms. The highest BCUT2D eigenvalue weighted by Crippen LogP contribution is 2.42. The number of aliphatic hydroxyl groups excluding tert-OH is 1. The van der Waals surface area contributed by atoms with E-state index in [-0.39, 0.29) is 6.61 Å². The zero-order valence-electron chi connectivity index (χ0n) is 7.37. The van der Waals surface area contributed by atoms with Gasteiger partial charge < -0.3 is 10.4 Å². The van der Waals surface area contributed by atoms with Crippen molar-refractivity contribution in [1.82, 2.24) is 5.32 Å². The third kappa shape index (κ3) is 1.54. The Morgan fingerprint density at radius 2 is 2.25 bits per heavy atom. The molecule has 3 atom stereocenters. The van der Waals surface area contributed by atoms with Gasteiger partial charge in [-0.2, -0.15) is 0 Å². The van der Waals surface area contributed by atoms with Gasteiger partial charge in [-0.3, -0.25) is 0 Å². The summed E-state index contributed by atoms with van der Waals surface area (Å²) in [5.41, 5.74) is 0. The third-order valence-electron chi connectivity index (χ3n) is 3.11. The van der Waals surface area contributed by atoms with Gasteiger partial charge in [0.1, 0.15) is 0 Å². The topological polar surface area (TPSA) is 32.3 Å². The minimum absolute atomic E-state index is 0.261. The molecule has 0 heterocycles. The van der Waals surface area contributed by atoms with E-state index in [9.17, 15) is 0 Å². The van der Waals surface area contributed by atoms with Crippen molar-refractivity contribution < 1.29 is 5.11 Å². The average molecular weight is 167 g/mol. The van der Waals surface area contributed by atoms with Gasteiger partial charge in [-0.05, 0) is 37.1 Å². The molecule has 12 heavy (non-hydrogen) atoms. The maximum absolute atomic E-state index is 8.60. The average Bonchev–Trinajstić information content (AvgIpc) is 2.65. The minimum atomic E-state index is 0.261. The highest BCUT2D eigenvalue weighted by Gasteiger charge is 2.34. The molecule has 0 unspecified atom stereocenters. The highest BCUT2D eigenvalue weighted by atomic mass is 16.3. The Morgan fingerprint density at radius 1 is 1.33 bits per heavy atom. The number of nitrogens with one attached hydrogen (secondary N) is 1. The molecule has 0 aromatic rings. The monoisotopic (exact) mass is 167 g/mol. The first-order valence-electron chi connectivity index (χ1n) is 4.90. The van der Waals surface area contributed by atoms with Gasteiger partial charge in [0.15, 0.2) is 0 Å². The molecular formula is C10H17NO. The van der Waals surface area contributed by atoms with Crippen molar-refractivity contribution in [3.63, 3.8) is 0 Å². The summed E-state index contributed by atoms with van der Waals surface area (Å²) in [5.74, 6) is 2.55. The maximum Gasteiger partial charge on any atom is 0.0555 e. The quantitative estimate of drug-likeness (QED) is 0.479. The smallest absolute Gasteiger partial charge is 0.0555 e. The summed E-state index contributed by atoms with van der Waals surface area (Å²) in [4.78, 5) is 0. The Hall–Kier alpha value is -0.340. The van der Waals surface area contributed by atoms with Crippen LogP contribution in [0.15, 0.2) is 12.2 Å². The van der Waals surface area contributed by atoms with Crippen molar-refractivity contribution in [3.8, 4) is 0 Å². The van der Waals surface area contributed by atoms with Gasteiger partial charge in [0, 0.05) is 6.54 Å². The van der Waals surface area contributed by atoms with Crippen molar-refractivity contribution in [1.29, 1.82) is 0 Å². The van der Waals surface area contributed by atoms with Gasteiger partial charge in [-0.1, -0.05) is 12.2 Å². The molecular weight excluding hydrogens is 150 g/mol. The van der Waals surface area contributed by atoms with Crippen LogP contribution in [-0.2, 0) is 0 Å². The molecule has 0 amide bonds. The molecule has 0 radical (unpaired) electrons. The largest absolute Gasteiger partial charge is 0.395 e. The van der Waals surface area contributed by atoms with E-state index in [1.165, 1.54) is 12.8 Å². The number of hydrogen-bond donors (Lipinski definition) is 2. The summed E-state index contributed by atoms with van der Waals surface area (Å²) < 4.78 is 0. The third-order valence-corrected chi connectivity index (χ3v) is 3.11. The minimum Gasteiger partial charge on any atom is -0.395 e. The molecule has 2 aliphatic carbocycles. The fraction of sp³-hybridized carbons (Fsp3) is 0.800. The zero-order valence-corrected chi connectivity index (χ0v) is 7.37. The lowest BCUT2D eigenvalue weighted by Gasteiger charge is -2.17. The Bertz CT molecular complexity index is 179. The molecule has 68 valence electrons. The van der Waals surface area contributed by atoms with E-state index in [4.69, 9.17) is 5.11 Å². The predicted molar refractivity (Wildman–Crippen MR) is 48.8 cm³/mol. The second kappa shape index (κ2) is 3.58. The van der Waals surface area contributed by atoms with Crippen molar-refractivity contribution >= 4 is 0 Å². The molecule has 2 rings (SSSR count). The number of rotatable bonds is 4. The van der Waals surface area contributed by atoms with Crippen LogP contribution in [0, 0.1) is 17.8 Å². The molecule has 2 aliphatic rings. The molecule has 1 saturated carbocycles. The fourth-order valence-corrected chi connectivity index (χ4v) is 2.50. The van der Waals surface area contributed by atoms with E-state index in [2.05, 4.69) is 17.5 Å². The van der Waals surface area contributed by atoms with Gasteiger partial charge in [0.05, 0.1) is 6.61 Å². The second-order valence-corrected chi connectivity index (χ2v) is 3.97. The van der Waals surface area contributed by atoms with Crippen LogP contribution in [0.25, 0.3) is 0 Å². The molecule has 1 fully saturated rings. The van der Waals surface area contributed by atoms with Gasteiger partial charge in [0.2, 0.25) is 0 Å². The van der Waals surface area contributed by atoms with E-state index in [1.807, 2.05) is 0 Å². The molecule has 2 N–H and O–H groups in total. The fourth-order valence-electron chi connectivity index (χ4n) is 2.50. The summed E-state index contributed by atoms with van der Waals surface area (Å²) in [6.45, 7) is 2.10. The maximum atomic E-state index is 8.60. The van der Waals surface area contributed by atoms with E-state index in [0.29, 0.717) is 0 Å². The Morgan fingerprint density at radius 3 is 2.83 bits per heavy atom. The Labute approximate surface area is 73.7 Å². The lowest BCUT2D eigenvalue weighted by molar-refractivity contribution is 0.284. The Balaban J connectivity index is 1.73. The van der Waals surface area contributed by atoms with Gasteiger partial charge in [-0.25, -0.2) is 0 Å². The van der Waals surface area contributed by atoms with Crippen LogP contribution in [0.2, 0.25) is 0 Å². The summed E-state index contributed by atoms with van der Waals surface area (Å²) in [5, 5.41) is 11.9. The number of hydrogen-bond acceptors (Lipinski definition) is 2. The number of fused-ring (bicyclic) bond motifs is 2. The molecule has 0 aromatic heterocycles. The van der Waals surface area contributed by atoms with Crippen LogP contribution >= 0.6 is 0 Å². The number of allylic oxidation sites excluding steroid dienone is 2. The van der Waals surface area contributed by atoms with E-state index < -0.39 is 0 Å². The van der Waals surface area contributed by atoms with Crippen molar-refractivity contribution in [3.05, 3.63) is 12.2 Å². The van der Waals surface area contributed by atoms with Gasteiger partial charge in [-0.15, -0.1) is 0 Å². The summed E-state index contributed by atoms with van der Waals surface area (Å²) in [7, 11) is 0. The van der Waals surface area contributed by atoms with E-state index in [1.54, 1.807) is 0 Å². The molecule has 2 bridgehead atoms. The molecule has 2 heteroatoms. The van der Waals surface area contributed by atoms with Crippen LogP contribution in [0.5, 0.6) is 0 Å². The normalized spacial score (nSPS) is 37.9. The van der Waals surface area contributed by atoms with E-state index in [0.717, 1.165) is 30.8 Å². The molecule has 0 saturated heterocycles. The van der Waals surface area contributed by atoms with Crippen molar-refractivity contribution in [2.24, 2.45) is 17.8 Å². The summed E-state index contributed by atoms with van der Waals surface area (Å²) >= 11 is 0. The van der Waals surface area contributed by atoms with Crippen LogP contribution < -0.4 is 5.32 Å². The zero-order chi connectivity index (χ0) is 8.39. The predicted octanol–water partition coefficient (Wildman–Crippen LogP) is 0.780. The number of aliphatic hydroxyl groups is 1. The second-order valence-electron chi connectivity index (χ2n) is 3.97. The van der Waals surface area contributed by atoms with Crippen LogP contribution in [-0.4, -0.2) is 24.8 Å². The van der Waals surface area contributed by atoms with Crippen molar-refractivity contribution in [2.45, 2.75) is 12.8 Å². The van der Waals surface area contributed by atoms with Crippen LogP contribution in [0.4, 0.5) is 0 Å². The molecule has 2 nitrogen and oxygen atoms in total. The lowest BCUT2D eigenvalue weighted by Crippen LogP contribution is -2.27. The van der Waals surface area contributed by atoms with Gasteiger partial charge in [0.25, 0.3) is 0 Å². The standard InChI is InChI=1S/C10H17NO/c12-4-3-11-7-10-6-8-1-2-9(10)5-8/h1-2,8-12H,3-7H2/t8-,9-,10-/m1/s1. The Kier molecular flexibility index (Phi) is 2.47. The first-order chi connectivity index (χ1) is 5.90. The molecule has 0 aromatic carbocycles. The van der Waals surface area contributed by atoms with Crippen LogP contribution in [0.1, 0.15) is 12.8 Å². The van der Waals surface area contributed by atoms with Gasteiger partial charge >= 0.3 is 0 Å². The summed E-state index contributed by atoms with van der Waals surface area (Å²) in [6, 6.07) is 0. The van der Waals surface area contributed by atoms with E-state index >= 15 is 0 Å². The summed E-state index contributed by atoms with van der Waals surface area (Å²) in [6.07, 6.45) is 7.48. The van der Waals surface area contributed by atoms with Crippen LogP contribution in [0.3, 0.4) is 0 Å². The van der Waals surface area contributed by atoms with Crippen molar-refractivity contribution in [2.75, 3.05) is 19.7 Å². The first-order valence-corrected chi connectivity index (χ1v) is 4.90. The molecule has 0 aliphatic heterocycles. The SMILES string of the molecule is OCCNC[C@H]1C[C@@H]2C=C[C@@H]1C2. The lowest BCUT2D eigenvalue weighted by atomic mass is 9.94.